The largest absolute Gasteiger partial charge is 0.493 e. The molecule has 172 valence electrons. The fraction of sp³-hybridized carbons (Fsp3) is 0.320. The molecule has 1 aromatic heterocycles. The van der Waals surface area contributed by atoms with Crippen LogP contribution in [0.15, 0.2) is 60.7 Å². The maximum Gasteiger partial charge on any atom is 0.232 e. The van der Waals surface area contributed by atoms with Gasteiger partial charge < -0.3 is 19.3 Å². The molecule has 1 amide bonds. The number of carbonyl (C=O) groups is 1. The minimum atomic E-state index is 0.200. The van der Waals surface area contributed by atoms with Gasteiger partial charge in [0.2, 0.25) is 5.91 Å². The summed E-state index contributed by atoms with van der Waals surface area (Å²) in [7, 11) is 3.23. The Kier molecular flexibility index (Phi) is 7.67. The molecule has 8 heteroatoms. The second-order valence-corrected chi connectivity index (χ2v) is 8.68. The van der Waals surface area contributed by atoms with E-state index in [2.05, 4.69) is 27.2 Å². The van der Waals surface area contributed by atoms with Crippen LogP contribution < -0.4 is 14.4 Å². The zero-order valence-corrected chi connectivity index (χ0v) is 19.8. The lowest BCUT2D eigenvalue weighted by Gasteiger charge is -2.35. The van der Waals surface area contributed by atoms with E-state index in [1.165, 1.54) is 5.56 Å². The minimum absolute atomic E-state index is 0.200. The third-order valence-corrected chi connectivity index (χ3v) is 6.61. The second kappa shape index (κ2) is 11.0. The van der Waals surface area contributed by atoms with Crippen LogP contribution in [0.2, 0.25) is 0 Å². The zero-order chi connectivity index (χ0) is 23.0. The van der Waals surface area contributed by atoms with Gasteiger partial charge in [-0.15, -0.1) is 22.0 Å². The van der Waals surface area contributed by atoms with E-state index in [4.69, 9.17) is 9.47 Å². The van der Waals surface area contributed by atoms with E-state index in [0.29, 0.717) is 30.3 Å². The molecule has 33 heavy (non-hydrogen) atoms. The summed E-state index contributed by atoms with van der Waals surface area (Å²) in [6.07, 6.45) is 0. The average Bonchev–Trinajstić information content (AvgIpc) is 2.89. The summed E-state index contributed by atoms with van der Waals surface area (Å²) in [6.45, 7) is 2.90. The number of nitrogens with zero attached hydrogens (tertiary/aromatic N) is 4. The molecule has 0 unspecified atom stereocenters. The standard InChI is InChI=1S/C25H28N4O3S/c1-31-22-10-8-20(16-23(22)32-2)21-9-11-24(27-26-21)28-12-14-29(15-13-28)25(30)18-33-17-19-6-4-3-5-7-19/h3-11,16H,12-15,17-18H2,1-2H3. The number of rotatable bonds is 8. The van der Waals surface area contributed by atoms with Crippen molar-refractivity contribution in [2.45, 2.75) is 5.75 Å². The van der Waals surface area contributed by atoms with Gasteiger partial charge in [-0.3, -0.25) is 4.79 Å². The van der Waals surface area contributed by atoms with Gasteiger partial charge in [-0.2, -0.15) is 0 Å². The van der Waals surface area contributed by atoms with Crippen molar-refractivity contribution in [1.29, 1.82) is 0 Å². The lowest BCUT2D eigenvalue weighted by atomic mass is 10.1. The molecule has 0 saturated carbocycles. The first-order valence-electron chi connectivity index (χ1n) is 10.9. The Morgan fingerprint density at radius 2 is 1.67 bits per heavy atom. The van der Waals surface area contributed by atoms with Crippen molar-refractivity contribution in [3.63, 3.8) is 0 Å². The highest BCUT2D eigenvalue weighted by Crippen LogP contribution is 2.31. The van der Waals surface area contributed by atoms with E-state index < -0.39 is 0 Å². The molecule has 0 atom stereocenters. The van der Waals surface area contributed by atoms with E-state index in [1.54, 1.807) is 26.0 Å². The first-order valence-corrected chi connectivity index (χ1v) is 12.0. The van der Waals surface area contributed by atoms with Crippen molar-refractivity contribution in [3.05, 3.63) is 66.2 Å². The minimum Gasteiger partial charge on any atom is -0.493 e. The van der Waals surface area contributed by atoms with Crippen molar-refractivity contribution < 1.29 is 14.3 Å². The van der Waals surface area contributed by atoms with Crippen LogP contribution in [0.25, 0.3) is 11.3 Å². The molecule has 0 spiro atoms. The van der Waals surface area contributed by atoms with Crippen LogP contribution in [0.3, 0.4) is 0 Å². The summed E-state index contributed by atoms with van der Waals surface area (Å²) < 4.78 is 10.7. The Hall–Kier alpha value is -3.26. The van der Waals surface area contributed by atoms with Gasteiger partial charge in [0.05, 0.1) is 25.7 Å². The fourth-order valence-electron chi connectivity index (χ4n) is 3.75. The Morgan fingerprint density at radius 3 is 2.33 bits per heavy atom. The number of aromatic nitrogens is 2. The van der Waals surface area contributed by atoms with Crippen LogP contribution in [0.4, 0.5) is 5.82 Å². The highest BCUT2D eigenvalue weighted by molar-refractivity contribution is 7.99. The highest BCUT2D eigenvalue weighted by Gasteiger charge is 2.22. The van der Waals surface area contributed by atoms with Gasteiger partial charge in [-0.05, 0) is 35.9 Å². The summed E-state index contributed by atoms with van der Waals surface area (Å²) in [5.41, 5.74) is 2.93. The van der Waals surface area contributed by atoms with Crippen molar-refractivity contribution in [2.24, 2.45) is 0 Å². The van der Waals surface area contributed by atoms with Crippen LogP contribution >= 0.6 is 11.8 Å². The lowest BCUT2D eigenvalue weighted by Crippen LogP contribution is -2.49. The number of hydrogen-bond acceptors (Lipinski definition) is 7. The molecule has 7 nitrogen and oxygen atoms in total. The number of ether oxygens (including phenoxy) is 2. The van der Waals surface area contributed by atoms with Gasteiger partial charge in [-0.25, -0.2) is 0 Å². The molecular formula is C25H28N4O3S. The predicted octanol–water partition coefficient (Wildman–Crippen LogP) is 3.74. The van der Waals surface area contributed by atoms with E-state index in [-0.39, 0.29) is 5.91 Å². The molecule has 0 bridgehead atoms. The smallest absolute Gasteiger partial charge is 0.232 e. The Labute approximate surface area is 198 Å². The number of anilines is 1. The van der Waals surface area contributed by atoms with Gasteiger partial charge in [0.15, 0.2) is 17.3 Å². The van der Waals surface area contributed by atoms with Gasteiger partial charge in [0, 0.05) is 37.5 Å². The SMILES string of the molecule is COc1ccc(-c2ccc(N3CCN(C(=O)CSCc4ccccc4)CC3)nn2)cc1OC. The molecule has 0 aliphatic carbocycles. The van der Waals surface area contributed by atoms with E-state index in [1.807, 2.05) is 53.4 Å². The zero-order valence-electron chi connectivity index (χ0n) is 18.9. The van der Waals surface area contributed by atoms with Gasteiger partial charge in [0.1, 0.15) is 0 Å². The summed E-state index contributed by atoms with van der Waals surface area (Å²) >= 11 is 1.67. The van der Waals surface area contributed by atoms with Crippen LogP contribution in [-0.4, -0.2) is 67.2 Å². The van der Waals surface area contributed by atoms with E-state index in [0.717, 1.165) is 35.9 Å². The quantitative estimate of drug-likeness (QED) is 0.503. The van der Waals surface area contributed by atoms with Crippen LogP contribution in [-0.2, 0) is 10.5 Å². The van der Waals surface area contributed by atoms with Crippen LogP contribution in [0.5, 0.6) is 11.5 Å². The van der Waals surface area contributed by atoms with Gasteiger partial charge in [0.25, 0.3) is 0 Å². The van der Waals surface area contributed by atoms with Crippen LogP contribution in [0.1, 0.15) is 5.56 Å². The molecule has 3 aromatic rings. The fourth-order valence-corrected chi connectivity index (χ4v) is 4.64. The normalized spacial score (nSPS) is 13.6. The first kappa shape index (κ1) is 22.9. The number of piperazine rings is 1. The Balaban J connectivity index is 1.28. The van der Waals surface area contributed by atoms with Gasteiger partial charge >= 0.3 is 0 Å². The topological polar surface area (TPSA) is 67.8 Å². The molecule has 0 N–H and O–H groups in total. The second-order valence-electron chi connectivity index (χ2n) is 7.69. The summed E-state index contributed by atoms with van der Waals surface area (Å²) in [5.74, 6) is 3.72. The van der Waals surface area contributed by atoms with Crippen molar-refractivity contribution in [1.82, 2.24) is 15.1 Å². The average molecular weight is 465 g/mol. The maximum atomic E-state index is 12.6. The molecule has 1 saturated heterocycles. The van der Waals surface area contributed by atoms with Crippen molar-refractivity contribution in [3.8, 4) is 22.8 Å². The summed E-state index contributed by atoms with van der Waals surface area (Å²) in [5, 5.41) is 8.83. The van der Waals surface area contributed by atoms with Gasteiger partial charge in [-0.1, -0.05) is 30.3 Å². The lowest BCUT2D eigenvalue weighted by molar-refractivity contribution is -0.128. The third kappa shape index (κ3) is 5.76. The molecule has 4 rings (SSSR count). The molecular weight excluding hydrogens is 436 g/mol. The number of hydrogen-bond donors (Lipinski definition) is 0. The van der Waals surface area contributed by atoms with Crippen LogP contribution in [0, 0.1) is 0 Å². The molecule has 2 aromatic carbocycles. The third-order valence-electron chi connectivity index (χ3n) is 5.62. The molecule has 2 heterocycles. The molecule has 0 radical (unpaired) electrons. The number of thioether (sulfide) groups is 1. The molecule has 1 fully saturated rings. The number of methoxy groups -OCH3 is 2. The Morgan fingerprint density at radius 1 is 0.909 bits per heavy atom. The van der Waals surface area contributed by atoms with E-state index >= 15 is 0 Å². The van der Waals surface area contributed by atoms with Crippen molar-refractivity contribution in [2.75, 3.05) is 51.1 Å². The molecule has 1 aliphatic rings. The highest BCUT2D eigenvalue weighted by atomic mass is 32.2. The predicted molar refractivity (Wildman–Crippen MR) is 132 cm³/mol. The number of carbonyl (C=O) groups excluding carboxylic acids is 1. The summed E-state index contributed by atoms with van der Waals surface area (Å²) in [6, 6.07) is 19.9. The van der Waals surface area contributed by atoms with Crippen molar-refractivity contribution >= 4 is 23.5 Å². The van der Waals surface area contributed by atoms with E-state index in [9.17, 15) is 4.79 Å². The summed E-state index contributed by atoms with van der Waals surface area (Å²) in [4.78, 5) is 16.7. The number of amides is 1. The molecule has 1 aliphatic heterocycles. The Bertz CT molecular complexity index is 1060. The first-order chi connectivity index (χ1) is 16.2. The number of benzene rings is 2. The monoisotopic (exact) mass is 464 g/mol. The maximum absolute atomic E-state index is 12.6.